The lowest BCUT2D eigenvalue weighted by Crippen LogP contribution is -2.16. The van der Waals surface area contributed by atoms with Crippen molar-refractivity contribution in [1.82, 2.24) is 0 Å². The number of nitrogens with one attached hydrogen (secondary N) is 1. The molecule has 1 saturated carbocycles. The van der Waals surface area contributed by atoms with E-state index in [4.69, 9.17) is 10.2 Å². The van der Waals surface area contributed by atoms with E-state index in [1.54, 1.807) is 6.26 Å². The van der Waals surface area contributed by atoms with Gasteiger partial charge in [-0.15, -0.1) is 0 Å². The van der Waals surface area contributed by atoms with Crippen molar-refractivity contribution in [3.05, 3.63) is 18.1 Å². The molecule has 0 saturated heterocycles. The molecule has 1 atom stereocenters. The molecule has 4 heteroatoms. The predicted molar refractivity (Wildman–Crippen MR) is 72.4 cm³/mol. The van der Waals surface area contributed by atoms with E-state index in [1.165, 1.54) is 32.1 Å². The molecule has 2 rings (SSSR count). The summed E-state index contributed by atoms with van der Waals surface area (Å²) in [4.78, 5) is 0. The molecule has 0 bridgehead atoms. The van der Waals surface area contributed by atoms with Crippen LogP contribution in [0.3, 0.4) is 0 Å². The number of hydrogen-bond acceptors (Lipinski definition) is 4. The number of aliphatic hydroxyl groups excluding tert-OH is 1. The zero-order valence-electron chi connectivity index (χ0n) is 10.9. The zero-order chi connectivity index (χ0) is 12.8. The van der Waals surface area contributed by atoms with Gasteiger partial charge < -0.3 is 20.6 Å². The van der Waals surface area contributed by atoms with Crippen LogP contribution in [0.25, 0.3) is 0 Å². The van der Waals surface area contributed by atoms with Gasteiger partial charge in [0, 0.05) is 12.6 Å². The van der Waals surface area contributed by atoms with Gasteiger partial charge in [0.15, 0.2) is 0 Å². The van der Waals surface area contributed by atoms with Crippen molar-refractivity contribution < 1.29 is 9.52 Å². The molecule has 0 aromatic carbocycles. The van der Waals surface area contributed by atoms with Crippen LogP contribution in [0, 0.1) is 5.92 Å². The fourth-order valence-electron chi connectivity index (χ4n) is 2.57. The van der Waals surface area contributed by atoms with Gasteiger partial charge in [-0.2, -0.15) is 0 Å². The molecule has 4 N–H and O–H groups in total. The minimum Gasteiger partial charge on any atom is -0.464 e. The SMILES string of the molecule is NCCC(O)c1cc(NCC2CCCCC2)co1. The van der Waals surface area contributed by atoms with Crippen molar-refractivity contribution in [3.63, 3.8) is 0 Å². The molecule has 0 radical (unpaired) electrons. The monoisotopic (exact) mass is 252 g/mol. The summed E-state index contributed by atoms with van der Waals surface area (Å²) in [6, 6.07) is 1.88. The average molecular weight is 252 g/mol. The molecule has 1 aromatic heterocycles. The van der Waals surface area contributed by atoms with E-state index in [0.29, 0.717) is 18.7 Å². The summed E-state index contributed by atoms with van der Waals surface area (Å²) in [5.74, 6) is 1.39. The number of hydrogen-bond donors (Lipinski definition) is 3. The first-order valence-electron chi connectivity index (χ1n) is 7.00. The van der Waals surface area contributed by atoms with Crippen LogP contribution in [-0.4, -0.2) is 18.2 Å². The van der Waals surface area contributed by atoms with Crippen LogP contribution in [0.15, 0.2) is 16.7 Å². The number of aliphatic hydroxyl groups is 1. The summed E-state index contributed by atoms with van der Waals surface area (Å²) in [6.07, 6.45) is 8.39. The Morgan fingerprint density at radius 1 is 1.39 bits per heavy atom. The molecule has 1 heterocycles. The van der Waals surface area contributed by atoms with Crippen LogP contribution >= 0.6 is 0 Å². The van der Waals surface area contributed by atoms with Crippen molar-refractivity contribution in [1.29, 1.82) is 0 Å². The van der Waals surface area contributed by atoms with Crippen LogP contribution in [0.5, 0.6) is 0 Å². The summed E-state index contributed by atoms with van der Waals surface area (Å²) in [5, 5.41) is 13.1. The second-order valence-electron chi connectivity index (χ2n) is 5.22. The Kier molecular flexibility index (Phi) is 5.08. The van der Waals surface area contributed by atoms with Crippen LogP contribution in [0.4, 0.5) is 5.69 Å². The largest absolute Gasteiger partial charge is 0.464 e. The number of anilines is 1. The lowest BCUT2D eigenvalue weighted by molar-refractivity contribution is 0.143. The maximum Gasteiger partial charge on any atom is 0.134 e. The minimum atomic E-state index is -0.583. The summed E-state index contributed by atoms with van der Waals surface area (Å²) >= 11 is 0. The standard InChI is InChI=1S/C14H24N2O2/c15-7-6-13(17)14-8-12(10-18-14)16-9-11-4-2-1-3-5-11/h8,10-11,13,16-17H,1-7,9,15H2. The van der Waals surface area contributed by atoms with E-state index in [9.17, 15) is 5.11 Å². The molecule has 1 aromatic rings. The van der Waals surface area contributed by atoms with Crippen molar-refractivity contribution in [2.75, 3.05) is 18.4 Å². The third-order valence-electron chi connectivity index (χ3n) is 3.71. The Morgan fingerprint density at radius 3 is 2.89 bits per heavy atom. The maximum absolute atomic E-state index is 9.75. The molecule has 0 spiro atoms. The molecule has 1 aliphatic carbocycles. The van der Waals surface area contributed by atoms with Gasteiger partial charge in [0.1, 0.15) is 18.1 Å². The predicted octanol–water partition coefficient (Wildman–Crippen LogP) is 2.65. The second-order valence-corrected chi connectivity index (χ2v) is 5.22. The smallest absolute Gasteiger partial charge is 0.134 e. The summed E-state index contributed by atoms with van der Waals surface area (Å²) in [7, 11) is 0. The Hall–Kier alpha value is -1.00. The van der Waals surface area contributed by atoms with Crippen molar-refractivity contribution in [3.8, 4) is 0 Å². The highest BCUT2D eigenvalue weighted by Crippen LogP contribution is 2.25. The molecule has 4 nitrogen and oxygen atoms in total. The molecule has 18 heavy (non-hydrogen) atoms. The second kappa shape index (κ2) is 6.81. The molecule has 1 fully saturated rings. The lowest BCUT2D eigenvalue weighted by Gasteiger charge is -2.21. The fraction of sp³-hybridized carbons (Fsp3) is 0.714. The van der Waals surface area contributed by atoms with Gasteiger partial charge in [0.25, 0.3) is 0 Å². The molecule has 0 amide bonds. The lowest BCUT2D eigenvalue weighted by atomic mass is 9.89. The average Bonchev–Trinajstić information content (AvgIpc) is 2.87. The van der Waals surface area contributed by atoms with Crippen LogP contribution < -0.4 is 11.1 Å². The normalized spacial score (nSPS) is 18.8. The molecular weight excluding hydrogens is 228 g/mol. The van der Waals surface area contributed by atoms with Gasteiger partial charge in [-0.25, -0.2) is 0 Å². The number of nitrogens with two attached hydrogens (primary N) is 1. The maximum atomic E-state index is 9.75. The molecule has 1 aliphatic rings. The number of rotatable bonds is 6. The highest BCUT2D eigenvalue weighted by Gasteiger charge is 2.15. The van der Waals surface area contributed by atoms with Gasteiger partial charge in [-0.05, 0) is 31.7 Å². The van der Waals surface area contributed by atoms with E-state index in [-0.39, 0.29) is 0 Å². The van der Waals surface area contributed by atoms with Crippen LogP contribution in [0.1, 0.15) is 50.4 Å². The Labute approximate surface area is 109 Å². The topological polar surface area (TPSA) is 71.4 Å². The van der Waals surface area contributed by atoms with Crippen molar-refractivity contribution in [2.24, 2.45) is 11.7 Å². The number of furan rings is 1. The van der Waals surface area contributed by atoms with Crippen molar-refractivity contribution >= 4 is 5.69 Å². The van der Waals surface area contributed by atoms with Gasteiger partial charge in [0.05, 0.1) is 5.69 Å². The first-order valence-corrected chi connectivity index (χ1v) is 7.00. The highest BCUT2D eigenvalue weighted by molar-refractivity contribution is 5.41. The van der Waals surface area contributed by atoms with Gasteiger partial charge in [-0.3, -0.25) is 0 Å². The van der Waals surface area contributed by atoms with Crippen LogP contribution in [0.2, 0.25) is 0 Å². The summed E-state index contributed by atoms with van der Waals surface area (Å²) < 4.78 is 5.35. The van der Waals surface area contributed by atoms with Crippen LogP contribution in [-0.2, 0) is 0 Å². The highest BCUT2D eigenvalue weighted by atomic mass is 16.4. The molecular formula is C14H24N2O2. The molecule has 102 valence electrons. The Bertz CT molecular complexity index is 345. The Balaban J connectivity index is 1.79. The van der Waals surface area contributed by atoms with Crippen molar-refractivity contribution in [2.45, 2.75) is 44.6 Å². The quantitative estimate of drug-likeness (QED) is 0.728. The first kappa shape index (κ1) is 13.4. The third kappa shape index (κ3) is 3.75. The summed E-state index contributed by atoms with van der Waals surface area (Å²) in [5.41, 5.74) is 6.38. The first-order chi connectivity index (χ1) is 8.79. The van der Waals surface area contributed by atoms with Gasteiger partial charge in [0.2, 0.25) is 0 Å². The minimum absolute atomic E-state index is 0.465. The third-order valence-corrected chi connectivity index (χ3v) is 3.71. The fourth-order valence-corrected chi connectivity index (χ4v) is 2.57. The van der Waals surface area contributed by atoms with E-state index < -0.39 is 6.10 Å². The Morgan fingerprint density at radius 2 is 2.17 bits per heavy atom. The van der Waals surface area contributed by atoms with E-state index in [1.807, 2.05) is 6.07 Å². The summed E-state index contributed by atoms with van der Waals surface area (Å²) in [6.45, 7) is 1.47. The molecule has 0 aliphatic heterocycles. The van der Waals surface area contributed by atoms with Gasteiger partial charge >= 0.3 is 0 Å². The van der Waals surface area contributed by atoms with E-state index >= 15 is 0 Å². The van der Waals surface area contributed by atoms with Gasteiger partial charge in [-0.1, -0.05) is 19.3 Å². The van der Waals surface area contributed by atoms with E-state index in [2.05, 4.69) is 5.32 Å². The molecule has 1 unspecified atom stereocenters. The van der Waals surface area contributed by atoms with E-state index in [0.717, 1.165) is 18.2 Å². The zero-order valence-corrected chi connectivity index (χ0v) is 10.9.